The number of hydrogen-bond acceptors (Lipinski definition) is 6. The van der Waals surface area contributed by atoms with Gasteiger partial charge in [0.2, 0.25) is 0 Å². The van der Waals surface area contributed by atoms with E-state index in [0.29, 0.717) is 5.56 Å². The van der Waals surface area contributed by atoms with Crippen molar-refractivity contribution in [3.8, 4) is 0 Å². The monoisotopic (exact) mass is 308 g/mol. The van der Waals surface area contributed by atoms with Gasteiger partial charge in [-0.1, -0.05) is 6.07 Å². The van der Waals surface area contributed by atoms with Crippen molar-refractivity contribution in [3.05, 3.63) is 33.9 Å². The Labute approximate surface area is 118 Å². The maximum absolute atomic E-state index is 12.4. The van der Waals surface area contributed by atoms with Crippen LogP contribution in [0.15, 0.2) is 18.2 Å². The Bertz CT molecular complexity index is 496. The summed E-state index contributed by atoms with van der Waals surface area (Å²) in [5, 5.41) is 19.6. The smallest absolute Gasteiger partial charge is 0.395 e. The fourth-order valence-corrected chi connectivity index (χ4v) is 1.82. The number of hydrazine groups is 1. The number of nitro benzene ring substituents is 1. The molecule has 1 aromatic rings. The SMILES string of the molecule is NNc1ccc(CN(CCO)CC(F)(F)F)cc1[N+](=O)[O-]. The van der Waals surface area contributed by atoms with E-state index in [0.717, 1.165) is 11.0 Å². The van der Waals surface area contributed by atoms with Crippen LogP contribution in [0.25, 0.3) is 0 Å². The zero-order chi connectivity index (χ0) is 16.0. The first kappa shape index (κ1) is 17.1. The summed E-state index contributed by atoms with van der Waals surface area (Å²) in [4.78, 5) is 11.1. The van der Waals surface area contributed by atoms with Crippen LogP contribution in [0.3, 0.4) is 0 Å². The summed E-state index contributed by atoms with van der Waals surface area (Å²) in [6, 6.07) is 3.90. The molecular weight excluding hydrogens is 293 g/mol. The molecule has 7 nitrogen and oxygen atoms in total. The second-order valence-corrected chi connectivity index (χ2v) is 4.30. The minimum absolute atomic E-state index is 0.0632. The van der Waals surface area contributed by atoms with Crippen LogP contribution in [0.5, 0.6) is 0 Å². The molecule has 0 aromatic heterocycles. The summed E-state index contributed by atoms with van der Waals surface area (Å²) < 4.78 is 37.2. The summed E-state index contributed by atoms with van der Waals surface area (Å²) in [5.74, 6) is 5.12. The fourth-order valence-electron chi connectivity index (χ4n) is 1.82. The number of aliphatic hydroxyl groups excluding tert-OH is 1. The molecule has 4 N–H and O–H groups in total. The Hall–Kier alpha value is -1.91. The molecular formula is C11H15F3N4O3. The molecule has 0 unspecified atom stereocenters. The van der Waals surface area contributed by atoms with Crippen molar-refractivity contribution in [2.24, 2.45) is 5.84 Å². The second kappa shape index (κ2) is 7.20. The molecule has 0 aliphatic heterocycles. The van der Waals surface area contributed by atoms with Gasteiger partial charge in [0.15, 0.2) is 0 Å². The first-order valence-corrected chi connectivity index (χ1v) is 5.90. The first-order valence-electron chi connectivity index (χ1n) is 5.90. The number of nitrogens with two attached hydrogens (primary N) is 1. The second-order valence-electron chi connectivity index (χ2n) is 4.30. The highest BCUT2D eigenvalue weighted by atomic mass is 19.4. The normalized spacial score (nSPS) is 11.7. The van der Waals surface area contributed by atoms with E-state index in [1.54, 1.807) is 0 Å². The molecule has 1 aromatic carbocycles. The lowest BCUT2D eigenvalue weighted by Crippen LogP contribution is -2.35. The molecule has 0 radical (unpaired) electrons. The van der Waals surface area contributed by atoms with E-state index >= 15 is 0 Å². The molecule has 0 spiro atoms. The molecule has 0 heterocycles. The molecule has 118 valence electrons. The molecule has 0 aliphatic rings. The molecule has 0 atom stereocenters. The Morgan fingerprint density at radius 2 is 2.10 bits per heavy atom. The summed E-state index contributed by atoms with van der Waals surface area (Å²) in [6.45, 7) is -2.02. The van der Waals surface area contributed by atoms with Gasteiger partial charge >= 0.3 is 6.18 Å². The lowest BCUT2D eigenvalue weighted by atomic mass is 10.1. The van der Waals surface area contributed by atoms with Crippen molar-refractivity contribution in [1.82, 2.24) is 4.90 Å². The zero-order valence-corrected chi connectivity index (χ0v) is 10.9. The van der Waals surface area contributed by atoms with E-state index in [-0.39, 0.29) is 24.5 Å². The van der Waals surface area contributed by atoms with Gasteiger partial charge in [-0.3, -0.25) is 20.9 Å². The Morgan fingerprint density at radius 1 is 1.43 bits per heavy atom. The Morgan fingerprint density at radius 3 is 2.57 bits per heavy atom. The highest BCUT2D eigenvalue weighted by Gasteiger charge is 2.30. The average Bonchev–Trinajstić information content (AvgIpc) is 2.37. The quantitative estimate of drug-likeness (QED) is 0.398. The third kappa shape index (κ3) is 5.53. The van der Waals surface area contributed by atoms with Gasteiger partial charge in [0.25, 0.3) is 5.69 Å². The lowest BCUT2D eigenvalue weighted by Gasteiger charge is -2.22. The number of nitrogens with one attached hydrogen (secondary N) is 1. The maximum atomic E-state index is 12.4. The van der Waals surface area contributed by atoms with E-state index in [1.165, 1.54) is 12.1 Å². The van der Waals surface area contributed by atoms with E-state index in [1.807, 2.05) is 0 Å². The van der Waals surface area contributed by atoms with Crippen molar-refractivity contribution >= 4 is 11.4 Å². The van der Waals surface area contributed by atoms with Crippen LogP contribution in [0, 0.1) is 10.1 Å². The largest absolute Gasteiger partial charge is 0.401 e. The number of nitrogens with zero attached hydrogens (tertiary/aromatic N) is 2. The van der Waals surface area contributed by atoms with Crippen molar-refractivity contribution < 1.29 is 23.2 Å². The molecule has 0 saturated carbocycles. The van der Waals surface area contributed by atoms with Gasteiger partial charge in [0.05, 0.1) is 18.1 Å². The third-order valence-electron chi connectivity index (χ3n) is 2.64. The van der Waals surface area contributed by atoms with Gasteiger partial charge in [-0.05, 0) is 11.6 Å². The van der Waals surface area contributed by atoms with E-state index < -0.39 is 24.3 Å². The van der Waals surface area contributed by atoms with E-state index in [4.69, 9.17) is 10.9 Å². The Kier molecular flexibility index (Phi) is 5.88. The molecule has 0 amide bonds. The van der Waals surface area contributed by atoms with Gasteiger partial charge < -0.3 is 10.5 Å². The molecule has 0 saturated heterocycles. The van der Waals surface area contributed by atoms with E-state index in [9.17, 15) is 23.3 Å². The van der Waals surface area contributed by atoms with Gasteiger partial charge in [-0.15, -0.1) is 0 Å². The zero-order valence-electron chi connectivity index (χ0n) is 10.9. The lowest BCUT2D eigenvalue weighted by molar-refractivity contribution is -0.384. The van der Waals surface area contributed by atoms with Gasteiger partial charge in [-0.25, -0.2) is 0 Å². The molecule has 0 fully saturated rings. The predicted molar refractivity (Wildman–Crippen MR) is 69.3 cm³/mol. The number of benzene rings is 1. The van der Waals surface area contributed by atoms with Crippen molar-refractivity contribution in [3.63, 3.8) is 0 Å². The topological polar surface area (TPSA) is 105 Å². The first-order chi connectivity index (χ1) is 9.76. The molecule has 0 aliphatic carbocycles. The van der Waals surface area contributed by atoms with Crippen molar-refractivity contribution in [2.45, 2.75) is 12.7 Å². The molecule has 0 bridgehead atoms. The van der Waals surface area contributed by atoms with E-state index in [2.05, 4.69) is 5.43 Å². The van der Waals surface area contributed by atoms with Crippen LogP contribution in [0.1, 0.15) is 5.56 Å². The van der Waals surface area contributed by atoms with Crippen molar-refractivity contribution in [2.75, 3.05) is 25.1 Å². The number of anilines is 1. The van der Waals surface area contributed by atoms with Gasteiger partial charge in [0, 0.05) is 19.2 Å². The van der Waals surface area contributed by atoms with Crippen LogP contribution in [0.4, 0.5) is 24.5 Å². The fraction of sp³-hybridized carbons (Fsp3) is 0.455. The minimum atomic E-state index is -4.42. The molecule has 21 heavy (non-hydrogen) atoms. The number of aliphatic hydroxyl groups is 1. The number of nitro groups is 1. The standard InChI is InChI=1S/C11H15F3N4O3/c12-11(13,14)7-17(3-4-19)6-8-1-2-9(16-15)10(5-8)18(20)21/h1-2,5,16,19H,3-4,6-7,15H2. The van der Waals surface area contributed by atoms with Crippen LogP contribution in [0.2, 0.25) is 0 Å². The van der Waals surface area contributed by atoms with Gasteiger partial charge in [-0.2, -0.15) is 13.2 Å². The number of alkyl halides is 3. The van der Waals surface area contributed by atoms with Crippen LogP contribution >= 0.6 is 0 Å². The summed E-state index contributed by atoms with van der Waals surface area (Å²) in [5.41, 5.74) is 2.20. The summed E-state index contributed by atoms with van der Waals surface area (Å²) >= 11 is 0. The summed E-state index contributed by atoms with van der Waals surface area (Å²) in [6.07, 6.45) is -4.42. The number of hydrogen-bond donors (Lipinski definition) is 3. The predicted octanol–water partition coefficient (Wildman–Crippen LogP) is 1.24. The average molecular weight is 308 g/mol. The van der Waals surface area contributed by atoms with Crippen LogP contribution in [-0.2, 0) is 6.54 Å². The van der Waals surface area contributed by atoms with Crippen LogP contribution in [-0.4, -0.2) is 40.8 Å². The Balaban J connectivity index is 2.93. The number of nitrogen functional groups attached to an aromatic ring is 1. The van der Waals surface area contributed by atoms with Crippen LogP contribution < -0.4 is 11.3 Å². The maximum Gasteiger partial charge on any atom is 0.401 e. The number of rotatable bonds is 7. The van der Waals surface area contributed by atoms with Crippen molar-refractivity contribution in [1.29, 1.82) is 0 Å². The number of halogens is 3. The highest BCUT2D eigenvalue weighted by Crippen LogP contribution is 2.26. The highest BCUT2D eigenvalue weighted by molar-refractivity contribution is 5.61. The summed E-state index contributed by atoms with van der Waals surface area (Å²) in [7, 11) is 0. The minimum Gasteiger partial charge on any atom is -0.395 e. The molecule has 1 rings (SSSR count). The van der Waals surface area contributed by atoms with Gasteiger partial charge in [0.1, 0.15) is 5.69 Å². The molecule has 10 heteroatoms. The third-order valence-corrected chi connectivity index (χ3v) is 2.64.